The number of nitrogens with zero attached hydrogens (tertiary/aromatic N) is 2. The van der Waals surface area contributed by atoms with Crippen molar-refractivity contribution in [3.8, 4) is 6.07 Å². The standard InChI is InChI=1S/C16H19N3O3/c1-9(20)19(10(2)21)14-12-7-11(8-17)5-6-13(12)18-16(3,4)15(14)22/h5-7,14-15,18,22H,1-4H3. The number of rotatable bonds is 1. The number of hydrogen-bond donors (Lipinski definition) is 2. The summed E-state index contributed by atoms with van der Waals surface area (Å²) in [7, 11) is 0. The Morgan fingerprint density at radius 2 is 1.91 bits per heavy atom. The molecule has 0 aliphatic carbocycles. The third-order valence-electron chi connectivity index (χ3n) is 3.95. The van der Waals surface area contributed by atoms with E-state index < -0.39 is 29.5 Å². The Hall–Kier alpha value is -2.39. The second-order valence-electron chi connectivity index (χ2n) is 6.06. The van der Waals surface area contributed by atoms with E-state index in [2.05, 4.69) is 5.32 Å². The molecular weight excluding hydrogens is 282 g/mol. The topological polar surface area (TPSA) is 93.4 Å². The number of imide groups is 1. The number of anilines is 1. The number of hydrogen-bond acceptors (Lipinski definition) is 5. The largest absolute Gasteiger partial charge is 0.388 e. The van der Waals surface area contributed by atoms with Crippen molar-refractivity contribution in [3.63, 3.8) is 0 Å². The summed E-state index contributed by atoms with van der Waals surface area (Å²) in [6, 6.07) is 6.19. The SMILES string of the molecule is CC(=O)N(C(C)=O)C1c2cc(C#N)ccc2NC(C)(C)C1O. The quantitative estimate of drug-likeness (QED) is 0.821. The van der Waals surface area contributed by atoms with Crippen LogP contribution in [0.25, 0.3) is 0 Å². The van der Waals surface area contributed by atoms with Gasteiger partial charge in [-0.3, -0.25) is 14.5 Å². The first-order valence-corrected chi connectivity index (χ1v) is 6.99. The van der Waals surface area contributed by atoms with Crippen molar-refractivity contribution in [2.45, 2.75) is 45.4 Å². The Morgan fingerprint density at radius 3 is 2.41 bits per heavy atom. The molecule has 0 bridgehead atoms. The zero-order valence-corrected chi connectivity index (χ0v) is 13.0. The highest BCUT2D eigenvalue weighted by Gasteiger charge is 2.45. The third-order valence-corrected chi connectivity index (χ3v) is 3.95. The molecule has 0 saturated heterocycles. The lowest BCUT2D eigenvalue weighted by Gasteiger charge is -2.46. The van der Waals surface area contributed by atoms with Crippen molar-refractivity contribution in [2.24, 2.45) is 0 Å². The highest BCUT2D eigenvalue weighted by Crippen LogP contribution is 2.41. The summed E-state index contributed by atoms with van der Waals surface area (Å²) < 4.78 is 0. The van der Waals surface area contributed by atoms with Crippen LogP contribution in [0.1, 0.15) is 44.9 Å². The van der Waals surface area contributed by atoms with Crippen molar-refractivity contribution in [3.05, 3.63) is 29.3 Å². The van der Waals surface area contributed by atoms with Crippen LogP contribution >= 0.6 is 0 Å². The number of carbonyl (C=O) groups is 2. The minimum absolute atomic E-state index is 0.407. The summed E-state index contributed by atoms with van der Waals surface area (Å²) in [6.07, 6.45) is -0.998. The number of amides is 2. The molecule has 0 spiro atoms. The third kappa shape index (κ3) is 2.55. The van der Waals surface area contributed by atoms with Crippen molar-refractivity contribution < 1.29 is 14.7 Å². The van der Waals surface area contributed by atoms with Crippen LogP contribution in [0.3, 0.4) is 0 Å². The van der Waals surface area contributed by atoms with Gasteiger partial charge in [-0.2, -0.15) is 5.26 Å². The number of aliphatic hydroxyl groups is 1. The molecular formula is C16H19N3O3. The molecule has 1 aliphatic heterocycles. The molecule has 2 atom stereocenters. The molecule has 116 valence electrons. The van der Waals surface area contributed by atoms with E-state index in [0.717, 1.165) is 4.90 Å². The number of aliphatic hydroxyl groups excluding tert-OH is 1. The fourth-order valence-electron chi connectivity index (χ4n) is 2.87. The van der Waals surface area contributed by atoms with E-state index in [-0.39, 0.29) is 0 Å². The van der Waals surface area contributed by atoms with Gasteiger partial charge in [0, 0.05) is 25.1 Å². The van der Waals surface area contributed by atoms with E-state index in [9.17, 15) is 14.7 Å². The summed E-state index contributed by atoms with van der Waals surface area (Å²) in [5.41, 5.74) is 0.946. The number of fused-ring (bicyclic) bond motifs is 1. The van der Waals surface area contributed by atoms with Crippen LogP contribution in [0, 0.1) is 11.3 Å². The highest BCUT2D eigenvalue weighted by atomic mass is 16.3. The Bertz CT molecular complexity index is 662. The Kier molecular flexibility index (Phi) is 3.94. The first kappa shape index (κ1) is 16.0. The molecule has 2 N–H and O–H groups in total. The van der Waals surface area contributed by atoms with Gasteiger partial charge in [-0.15, -0.1) is 0 Å². The number of nitriles is 1. The monoisotopic (exact) mass is 301 g/mol. The number of nitrogens with one attached hydrogen (secondary N) is 1. The van der Waals surface area contributed by atoms with Crippen molar-refractivity contribution in [1.82, 2.24) is 4.90 Å². The van der Waals surface area contributed by atoms with Crippen molar-refractivity contribution in [2.75, 3.05) is 5.32 Å². The molecule has 6 nitrogen and oxygen atoms in total. The van der Waals surface area contributed by atoms with Gasteiger partial charge in [-0.25, -0.2) is 0 Å². The smallest absolute Gasteiger partial charge is 0.226 e. The lowest BCUT2D eigenvalue weighted by atomic mass is 9.81. The fourth-order valence-corrected chi connectivity index (χ4v) is 2.87. The van der Waals surface area contributed by atoms with Crippen LogP contribution in [-0.2, 0) is 9.59 Å². The van der Waals surface area contributed by atoms with Gasteiger partial charge in [-0.1, -0.05) is 0 Å². The molecule has 1 heterocycles. The second-order valence-corrected chi connectivity index (χ2v) is 6.06. The second kappa shape index (κ2) is 5.43. The van der Waals surface area contributed by atoms with E-state index in [1.54, 1.807) is 32.0 Å². The number of benzene rings is 1. The van der Waals surface area contributed by atoms with Gasteiger partial charge in [0.25, 0.3) is 0 Å². The molecule has 1 aromatic carbocycles. The van der Waals surface area contributed by atoms with Gasteiger partial charge in [0.05, 0.1) is 23.2 Å². The number of carbonyl (C=O) groups excluding carboxylic acids is 2. The molecule has 0 fully saturated rings. The molecule has 1 aromatic rings. The maximum Gasteiger partial charge on any atom is 0.226 e. The van der Waals surface area contributed by atoms with Crippen LogP contribution in [0.5, 0.6) is 0 Å². The average molecular weight is 301 g/mol. The first-order valence-electron chi connectivity index (χ1n) is 6.99. The maximum atomic E-state index is 11.9. The van der Waals surface area contributed by atoms with E-state index in [4.69, 9.17) is 5.26 Å². The van der Waals surface area contributed by atoms with Gasteiger partial charge in [-0.05, 0) is 32.0 Å². The molecule has 1 aliphatic rings. The normalized spacial score (nSPS) is 22.0. The molecule has 0 aromatic heterocycles. The van der Waals surface area contributed by atoms with Gasteiger partial charge in [0.1, 0.15) is 6.10 Å². The van der Waals surface area contributed by atoms with Crippen LogP contribution in [-0.4, -0.2) is 33.5 Å². The van der Waals surface area contributed by atoms with Gasteiger partial charge < -0.3 is 10.4 Å². The first-order chi connectivity index (χ1) is 10.2. The minimum atomic E-state index is -0.998. The summed E-state index contributed by atoms with van der Waals surface area (Å²) in [6.45, 7) is 6.17. The van der Waals surface area contributed by atoms with E-state index in [0.29, 0.717) is 16.8 Å². The van der Waals surface area contributed by atoms with Crippen LogP contribution < -0.4 is 5.32 Å². The lowest BCUT2D eigenvalue weighted by Crippen LogP contribution is -2.56. The summed E-state index contributed by atoms with van der Waals surface area (Å²) >= 11 is 0. The summed E-state index contributed by atoms with van der Waals surface area (Å²) in [5, 5.41) is 22.9. The van der Waals surface area contributed by atoms with Crippen molar-refractivity contribution in [1.29, 1.82) is 5.26 Å². The van der Waals surface area contributed by atoms with Gasteiger partial charge in [0.15, 0.2) is 0 Å². The predicted molar refractivity (Wildman–Crippen MR) is 80.8 cm³/mol. The maximum absolute atomic E-state index is 11.9. The van der Waals surface area contributed by atoms with Crippen LogP contribution in [0.4, 0.5) is 5.69 Å². The molecule has 0 saturated carbocycles. The zero-order chi connectivity index (χ0) is 16.7. The van der Waals surface area contributed by atoms with Crippen LogP contribution in [0.2, 0.25) is 0 Å². The summed E-state index contributed by atoms with van der Waals surface area (Å²) in [5.74, 6) is -0.884. The minimum Gasteiger partial charge on any atom is -0.388 e. The predicted octanol–water partition coefficient (Wildman–Crippen LogP) is 1.56. The molecule has 22 heavy (non-hydrogen) atoms. The summed E-state index contributed by atoms with van der Waals surface area (Å²) in [4.78, 5) is 24.9. The Morgan fingerprint density at radius 1 is 1.32 bits per heavy atom. The van der Waals surface area contributed by atoms with Gasteiger partial charge >= 0.3 is 0 Å². The Labute approximate surface area is 129 Å². The van der Waals surface area contributed by atoms with Crippen LogP contribution in [0.15, 0.2) is 18.2 Å². The average Bonchev–Trinajstić information content (AvgIpc) is 2.42. The molecule has 6 heteroatoms. The molecule has 2 unspecified atom stereocenters. The fraction of sp³-hybridized carbons (Fsp3) is 0.438. The van der Waals surface area contributed by atoms with Crippen molar-refractivity contribution >= 4 is 17.5 Å². The van der Waals surface area contributed by atoms with Gasteiger partial charge in [0.2, 0.25) is 11.8 Å². The molecule has 2 amide bonds. The zero-order valence-electron chi connectivity index (χ0n) is 13.0. The molecule has 2 rings (SSSR count). The van der Waals surface area contributed by atoms with E-state index >= 15 is 0 Å². The Balaban J connectivity index is 2.67. The lowest BCUT2D eigenvalue weighted by molar-refractivity contribution is -0.149. The molecule has 0 radical (unpaired) electrons. The van der Waals surface area contributed by atoms with E-state index in [1.165, 1.54) is 13.8 Å². The van der Waals surface area contributed by atoms with E-state index in [1.807, 2.05) is 6.07 Å². The highest BCUT2D eigenvalue weighted by molar-refractivity contribution is 5.94.